The fourth-order valence-corrected chi connectivity index (χ4v) is 2.65. The summed E-state index contributed by atoms with van der Waals surface area (Å²) in [6.45, 7) is 0. The quantitative estimate of drug-likeness (QED) is 0.480. The lowest BCUT2D eigenvalue weighted by Gasteiger charge is -2.08. The molecular formula is C18H16S. The van der Waals surface area contributed by atoms with Gasteiger partial charge in [-0.05, 0) is 45.3 Å². The largest absolute Gasteiger partial charge is 0.179 e. The van der Waals surface area contributed by atoms with E-state index in [4.69, 9.17) is 0 Å². The first-order chi connectivity index (χ1) is 9.40. The molecule has 3 aromatic carbocycles. The van der Waals surface area contributed by atoms with Gasteiger partial charge in [0.25, 0.3) is 0 Å². The Bertz CT molecular complexity index is 687. The smallest absolute Gasteiger partial charge is 0.00632 e. The maximum Gasteiger partial charge on any atom is -0.00632 e. The van der Waals surface area contributed by atoms with Crippen LogP contribution in [0, 0.1) is 0 Å². The average molecular weight is 264 g/mol. The van der Waals surface area contributed by atoms with E-state index in [0.29, 0.717) is 0 Å². The second-order valence-electron chi connectivity index (χ2n) is 4.65. The maximum atomic E-state index is 4.26. The molecule has 3 aromatic rings. The molecule has 3 rings (SSSR count). The second kappa shape index (κ2) is 5.50. The Kier molecular flexibility index (Phi) is 3.56. The van der Waals surface area contributed by atoms with E-state index in [9.17, 15) is 0 Å². The molecule has 0 aliphatic heterocycles. The Balaban J connectivity index is 2.33. The number of thiol groups is 1. The molecule has 0 nitrogen and oxygen atoms in total. The predicted molar refractivity (Wildman–Crippen MR) is 89.0 cm³/mol. The average Bonchev–Trinajstić information content (AvgIpc) is 2.46. The first-order valence-electron chi connectivity index (χ1n) is 6.58. The molecule has 0 amide bonds. The van der Waals surface area contributed by atoms with Gasteiger partial charge in [-0.3, -0.25) is 0 Å². The standard InChI is InChI=1S/C18H16S/c19-12-6-5-11-18-16-9-3-1-7-14(16)13-15-8-2-4-10-17(15)18/h1-5,7-11,13,19H,6,12H2. The van der Waals surface area contributed by atoms with Crippen molar-refractivity contribution in [3.8, 4) is 0 Å². The highest BCUT2D eigenvalue weighted by atomic mass is 32.1. The first-order valence-corrected chi connectivity index (χ1v) is 7.21. The van der Waals surface area contributed by atoms with Gasteiger partial charge in [0, 0.05) is 0 Å². The summed E-state index contributed by atoms with van der Waals surface area (Å²) in [4.78, 5) is 0. The molecule has 1 heteroatoms. The molecule has 0 aliphatic rings. The highest BCUT2D eigenvalue weighted by Crippen LogP contribution is 2.29. The Hall–Kier alpha value is -1.73. The van der Waals surface area contributed by atoms with Crippen molar-refractivity contribution in [1.82, 2.24) is 0 Å². The van der Waals surface area contributed by atoms with Gasteiger partial charge in [-0.15, -0.1) is 0 Å². The van der Waals surface area contributed by atoms with E-state index in [-0.39, 0.29) is 0 Å². The minimum atomic E-state index is 0.888. The second-order valence-corrected chi connectivity index (χ2v) is 5.09. The molecular weight excluding hydrogens is 248 g/mol. The van der Waals surface area contributed by atoms with Crippen LogP contribution < -0.4 is 0 Å². The van der Waals surface area contributed by atoms with Gasteiger partial charge >= 0.3 is 0 Å². The van der Waals surface area contributed by atoms with Gasteiger partial charge < -0.3 is 0 Å². The van der Waals surface area contributed by atoms with E-state index in [2.05, 4.69) is 79.4 Å². The molecule has 94 valence electrons. The van der Waals surface area contributed by atoms with Crippen LogP contribution >= 0.6 is 12.6 Å². The molecule has 0 aliphatic carbocycles. The van der Waals surface area contributed by atoms with E-state index < -0.39 is 0 Å². The Morgan fingerprint density at radius 3 is 2.00 bits per heavy atom. The molecule has 0 heterocycles. The SMILES string of the molecule is SCCC=Cc1c2ccccc2cc2ccccc12. The van der Waals surface area contributed by atoms with Crippen LogP contribution in [0.4, 0.5) is 0 Å². The maximum absolute atomic E-state index is 4.26. The van der Waals surface area contributed by atoms with Crippen molar-refractivity contribution in [3.63, 3.8) is 0 Å². The summed E-state index contributed by atoms with van der Waals surface area (Å²) in [5.41, 5.74) is 1.32. The first kappa shape index (κ1) is 12.3. The molecule has 0 bridgehead atoms. The molecule has 0 atom stereocenters. The number of benzene rings is 3. The summed E-state index contributed by atoms with van der Waals surface area (Å²) in [7, 11) is 0. The zero-order chi connectivity index (χ0) is 13.1. The summed E-state index contributed by atoms with van der Waals surface area (Å²) >= 11 is 4.26. The monoisotopic (exact) mass is 264 g/mol. The number of hydrogen-bond donors (Lipinski definition) is 1. The van der Waals surface area contributed by atoms with Crippen molar-refractivity contribution >= 4 is 40.2 Å². The van der Waals surface area contributed by atoms with Gasteiger partial charge in [0.05, 0.1) is 0 Å². The summed E-state index contributed by atoms with van der Waals surface area (Å²) in [5, 5.41) is 5.23. The summed E-state index contributed by atoms with van der Waals surface area (Å²) < 4.78 is 0. The van der Waals surface area contributed by atoms with Crippen molar-refractivity contribution in [1.29, 1.82) is 0 Å². The van der Waals surface area contributed by atoms with Crippen molar-refractivity contribution in [2.45, 2.75) is 6.42 Å². The molecule has 0 aromatic heterocycles. The Morgan fingerprint density at radius 1 is 0.842 bits per heavy atom. The molecule has 0 radical (unpaired) electrons. The lowest BCUT2D eigenvalue weighted by molar-refractivity contribution is 1.26. The van der Waals surface area contributed by atoms with Crippen molar-refractivity contribution in [2.75, 3.05) is 5.75 Å². The normalized spacial score (nSPS) is 11.6. The number of allylic oxidation sites excluding steroid dienone is 1. The van der Waals surface area contributed by atoms with Crippen LogP contribution in [0.2, 0.25) is 0 Å². The van der Waals surface area contributed by atoms with Crippen molar-refractivity contribution in [3.05, 3.63) is 66.2 Å². The number of fused-ring (bicyclic) bond motifs is 2. The van der Waals surface area contributed by atoms with Gasteiger partial charge in [0.1, 0.15) is 0 Å². The zero-order valence-electron chi connectivity index (χ0n) is 10.7. The van der Waals surface area contributed by atoms with E-state index in [0.717, 1.165) is 12.2 Å². The number of rotatable bonds is 3. The van der Waals surface area contributed by atoms with Crippen LogP contribution in [0.5, 0.6) is 0 Å². The highest BCUT2D eigenvalue weighted by molar-refractivity contribution is 7.80. The lowest BCUT2D eigenvalue weighted by Crippen LogP contribution is -1.83. The Morgan fingerprint density at radius 2 is 1.42 bits per heavy atom. The third-order valence-corrected chi connectivity index (χ3v) is 3.65. The topological polar surface area (TPSA) is 0 Å². The minimum absolute atomic E-state index is 0.888. The van der Waals surface area contributed by atoms with Gasteiger partial charge in [0.2, 0.25) is 0 Å². The van der Waals surface area contributed by atoms with Gasteiger partial charge in [0.15, 0.2) is 0 Å². The minimum Gasteiger partial charge on any atom is -0.179 e. The van der Waals surface area contributed by atoms with E-state index in [1.54, 1.807) is 0 Å². The van der Waals surface area contributed by atoms with Gasteiger partial charge in [-0.1, -0.05) is 60.7 Å². The van der Waals surface area contributed by atoms with E-state index in [1.807, 2.05) is 0 Å². The van der Waals surface area contributed by atoms with Crippen LogP contribution in [0.25, 0.3) is 27.6 Å². The summed E-state index contributed by atoms with van der Waals surface area (Å²) in [6, 6.07) is 19.4. The third kappa shape index (κ3) is 2.39. The Labute approximate surface area is 119 Å². The molecule has 0 N–H and O–H groups in total. The summed E-state index contributed by atoms with van der Waals surface area (Å²) in [6.07, 6.45) is 5.45. The van der Waals surface area contributed by atoms with Crippen LogP contribution in [0.3, 0.4) is 0 Å². The van der Waals surface area contributed by atoms with Gasteiger partial charge in [-0.25, -0.2) is 0 Å². The fraction of sp³-hybridized carbons (Fsp3) is 0.111. The molecule has 0 saturated heterocycles. The molecule has 0 unspecified atom stereocenters. The highest BCUT2D eigenvalue weighted by Gasteiger charge is 2.03. The molecule has 0 fully saturated rings. The fourth-order valence-electron chi connectivity index (χ4n) is 2.50. The molecule has 0 saturated carbocycles. The third-order valence-electron chi connectivity index (χ3n) is 3.39. The van der Waals surface area contributed by atoms with Crippen LogP contribution in [0.15, 0.2) is 60.7 Å². The van der Waals surface area contributed by atoms with E-state index >= 15 is 0 Å². The van der Waals surface area contributed by atoms with Crippen molar-refractivity contribution in [2.24, 2.45) is 0 Å². The number of hydrogen-bond acceptors (Lipinski definition) is 1. The van der Waals surface area contributed by atoms with Gasteiger partial charge in [-0.2, -0.15) is 12.6 Å². The molecule has 0 spiro atoms. The predicted octanol–water partition coefficient (Wildman–Crippen LogP) is 5.33. The zero-order valence-corrected chi connectivity index (χ0v) is 11.6. The van der Waals surface area contributed by atoms with Crippen LogP contribution in [-0.2, 0) is 0 Å². The van der Waals surface area contributed by atoms with E-state index in [1.165, 1.54) is 27.1 Å². The lowest BCUT2D eigenvalue weighted by atomic mass is 9.96. The molecule has 19 heavy (non-hydrogen) atoms. The van der Waals surface area contributed by atoms with Crippen molar-refractivity contribution < 1.29 is 0 Å². The summed E-state index contributed by atoms with van der Waals surface area (Å²) in [5.74, 6) is 0.888. The van der Waals surface area contributed by atoms with Crippen LogP contribution in [0.1, 0.15) is 12.0 Å². The van der Waals surface area contributed by atoms with Crippen LogP contribution in [-0.4, -0.2) is 5.75 Å².